The smallest absolute Gasteiger partial charge is 0.408 e. The summed E-state index contributed by atoms with van der Waals surface area (Å²) < 4.78 is 34.6. The van der Waals surface area contributed by atoms with Gasteiger partial charge in [-0.15, -0.1) is 0 Å². The normalized spacial score (nSPS) is 23.5. The van der Waals surface area contributed by atoms with Crippen molar-refractivity contribution in [3.8, 4) is 5.75 Å². The Balaban J connectivity index is 1.82. The molecule has 3 rings (SSSR count). The van der Waals surface area contributed by atoms with E-state index in [1.54, 1.807) is 43.9 Å². The van der Waals surface area contributed by atoms with E-state index < -0.39 is 27.4 Å². The van der Waals surface area contributed by atoms with Crippen LogP contribution in [0.5, 0.6) is 5.75 Å². The van der Waals surface area contributed by atoms with Gasteiger partial charge in [-0.3, -0.25) is 4.79 Å². The molecule has 31 heavy (non-hydrogen) atoms. The number of ether oxygens (including phenoxy) is 2. The van der Waals surface area contributed by atoms with Gasteiger partial charge in [0.15, 0.2) is 15.0 Å². The Kier molecular flexibility index (Phi) is 6.78. The van der Waals surface area contributed by atoms with Crippen LogP contribution in [0.3, 0.4) is 0 Å². The number of amides is 2. The molecular weight excluding hydrogens is 466 g/mol. The zero-order chi connectivity index (χ0) is 23.0. The Bertz CT molecular complexity index is 1020. The minimum absolute atomic E-state index is 0.00604. The topological polar surface area (TPSA) is 114 Å². The number of aliphatic imine (C=N–C) groups is 1. The zero-order valence-electron chi connectivity index (χ0n) is 17.5. The van der Waals surface area contributed by atoms with Crippen LogP contribution in [-0.2, 0) is 19.4 Å². The highest BCUT2D eigenvalue weighted by atomic mass is 35.5. The summed E-state index contributed by atoms with van der Waals surface area (Å²) in [5.41, 5.74) is -0.0807. The monoisotopic (exact) mass is 489 g/mol. The van der Waals surface area contributed by atoms with E-state index in [2.05, 4.69) is 10.3 Å². The Morgan fingerprint density at radius 1 is 1.32 bits per heavy atom. The summed E-state index contributed by atoms with van der Waals surface area (Å²) in [6.45, 7) is 4.81. The molecule has 2 atom stereocenters. The number of carbonyl (C=O) groups excluding carboxylic acids is 2. The molecule has 2 aliphatic rings. The highest BCUT2D eigenvalue weighted by Gasteiger charge is 2.49. The fraction of sp³-hybridized carbons (Fsp3) is 0.526. The van der Waals surface area contributed by atoms with Gasteiger partial charge < -0.3 is 19.7 Å². The van der Waals surface area contributed by atoms with Gasteiger partial charge >= 0.3 is 6.09 Å². The third-order valence-electron chi connectivity index (χ3n) is 4.48. The molecule has 0 radical (unpaired) electrons. The van der Waals surface area contributed by atoms with Gasteiger partial charge in [-0.1, -0.05) is 23.4 Å². The number of hydrogen-bond donors (Lipinski definition) is 1. The SMILES string of the molecule is COc1ccc(N2C(=NC(=O)CNC(=O)OC(C)(C)C)S[C@H]3CS(=O)(=O)C[C@@H]32)cc1Cl. The highest BCUT2D eigenvalue weighted by Crippen LogP contribution is 2.42. The predicted molar refractivity (Wildman–Crippen MR) is 121 cm³/mol. The Labute approximate surface area is 190 Å². The molecular formula is C19H24ClN3O6S2. The maximum Gasteiger partial charge on any atom is 0.408 e. The number of benzene rings is 1. The number of nitrogens with zero attached hydrogens (tertiary/aromatic N) is 2. The summed E-state index contributed by atoms with van der Waals surface area (Å²) in [4.78, 5) is 30.0. The number of sulfone groups is 1. The molecule has 9 nitrogen and oxygen atoms in total. The number of anilines is 1. The number of alkyl carbamates (subject to hydrolysis) is 1. The number of amidine groups is 1. The van der Waals surface area contributed by atoms with Crippen molar-refractivity contribution >= 4 is 56.1 Å². The lowest BCUT2D eigenvalue weighted by molar-refractivity contribution is -0.117. The first-order valence-electron chi connectivity index (χ1n) is 9.47. The van der Waals surface area contributed by atoms with Crippen LogP contribution in [0.15, 0.2) is 23.2 Å². The average molecular weight is 490 g/mol. The number of carbonyl (C=O) groups is 2. The van der Waals surface area contributed by atoms with Crippen LogP contribution < -0.4 is 15.0 Å². The van der Waals surface area contributed by atoms with Gasteiger partial charge in [0.1, 0.15) is 17.9 Å². The van der Waals surface area contributed by atoms with Crippen LogP contribution in [0, 0.1) is 0 Å². The van der Waals surface area contributed by atoms with Gasteiger partial charge in [0.05, 0.1) is 29.7 Å². The van der Waals surface area contributed by atoms with Crippen LogP contribution in [0.1, 0.15) is 20.8 Å². The van der Waals surface area contributed by atoms with Crippen LogP contribution in [0.25, 0.3) is 0 Å². The predicted octanol–water partition coefficient (Wildman–Crippen LogP) is 2.47. The zero-order valence-corrected chi connectivity index (χ0v) is 19.9. The first-order chi connectivity index (χ1) is 14.4. The Hall–Kier alpha value is -1.98. The molecule has 170 valence electrons. The number of thioether (sulfide) groups is 1. The molecule has 2 heterocycles. The molecule has 2 saturated heterocycles. The van der Waals surface area contributed by atoms with Crippen molar-refractivity contribution in [1.29, 1.82) is 0 Å². The largest absolute Gasteiger partial charge is 0.495 e. The van der Waals surface area contributed by atoms with Crippen molar-refractivity contribution in [1.82, 2.24) is 5.32 Å². The van der Waals surface area contributed by atoms with Gasteiger partial charge in [-0.25, -0.2) is 13.2 Å². The standard InChI is InChI=1S/C19H24ClN3O6S2/c1-19(2,3)29-18(25)21-8-16(24)22-17-23(11-5-6-14(28-4)12(20)7-11)13-9-31(26,27)10-15(13)30-17/h5-7,13,15H,8-10H2,1-4H3,(H,21,25)/t13-,15-/m0/s1. The molecule has 1 aromatic rings. The van der Waals surface area contributed by atoms with E-state index >= 15 is 0 Å². The minimum atomic E-state index is -3.19. The summed E-state index contributed by atoms with van der Waals surface area (Å²) in [7, 11) is -1.70. The molecule has 12 heteroatoms. The van der Waals surface area contributed by atoms with E-state index in [0.29, 0.717) is 21.6 Å². The van der Waals surface area contributed by atoms with E-state index in [9.17, 15) is 18.0 Å². The molecule has 0 spiro atoms. The maximum absolute atomic E-state index is 12.4. The molecule has 0 aromatic heterocycles. The third-order valence-corrected chi connectivity index (χ3v) is 7.99. The van der Waals surface area contributed by atoms with E-state index in [-0.39, 0.29) is 29.3 Å². The van der Waals surface area contributed by atoms with E-state index in [4.69, 9.17) is 21.1 Å². The molecule has 2 amide bonds. The van der Waals surface area contributed by atoms with Gasteiger partial charge in [0, 0.05) is 10.9 Å². The Morgan fingerprint density at radius 3 is 2.65 bits per heavy atom. The summed E-state index contributed by atoms with van der Waals surface area (Å²) in [6, 6.07) is 4.68. The van der Waals surface area contributed by atoms with Crippen molar-refractivity contribution in [2.75, 3.05) is 30.1 Å². The van der Waals surface area contributed by atoms with Crippen LogP contribution in [0.2, 0.25) is 5.02 Å². The molecule has 1 aromatic carbocycles. The van der Waals surface area contributed by atoms with Crippen molar-refractivity contribution in [3.05, 3.63) is 23.2 Å². The number of hydrogen-bond acceptors (Lipinski definition) is 7. The molecule has 0 unspecified atom stereocenters. The highest BCUT2D eigenvalue weighted by molar-refractivity contribution is 8.16. The first kappa shape index (κ1) is 23.7. The van der Waals surface area contributed by atoms with Crippen molar-refractivity contribution < 1.29 is 27.5 Å². The number of rotatable bonds is 4. The van der Waals surface area contributed by atoms with E-state index in [1.165, 1.54) is 18.9 Å². The summed E-state index contributed by atoms with van der Waals surface area (Å²) in [5.74, 6) is -0.145. The lowest BCUT2D eigenvalue weighted by Gasteiger charge is -2.25. The van der Waals surface area contributed by atoms with Gasteiger partial charge in [-0.05, 0) is 39.0 Å². The van der Waals surface area contributed by atoms with Crippen LogP contribution in [0.4, 0.5) is 10.5 Å². The maximum atomic E-state index is 12.4. The van der Waals surface area contributed by atoms with Gasteiger partial charge in [-0.2, -0.15) is 4.99 Å². The minimum Gasteiger partial charge on any atom is -0.495 e. The van der Waals surface area contributed by atoms with E-state index in [1.807, 2.05) is 0 Å². The number of nitrogens with one attached hydrogen (secondary N) is 1. The lowest BCUT2D eigenvalue weighted by Crippen LogP contribution is -2.38. The van der Waals surface area contributed by atoms with E-state index in [0.717, 1.165) is 0 Å². The molecule has 0 saturated carbocycles. The second kappa shape index (κ2) is 8.87. The third kappa shape index (κ3) is 5.83. The van der Waals surface area contributed by atoms with Crippen molar-refractivity contribution in [2.24, 2.45) is 4.99 Å². The van der Waals surface area contributed by atoms with Crippen molar-refractivity contribution in [2.45, 2.75) is 37.7 Å². The number of fused-ring (bicyclic) bond motifs is 1. The second-order valence-electron chi connectivity index (χ2n) is 8.13. The number of halogens is 1. The second-order valence-corrected chi connectivity index (χ2v) is 11.9. The number of methoxy groups -OCH3 is 1. The summed E-state index contributed by atoms with van der Waals surface area (Å²) in [5, 5.41) is 2.84. The molecule has 2 aliphatic heterocycles. The lowest BCUT2D eigenvalue weighted by atomic mass is 10.2. The Morgan fingerprint density at radius 2 is 2.03 bits per heavy atom. The van der Waals surface area contributed by atoms with Crippen molar-refractivity contribution in [3.63, 3.8) is 0 Å². The molecule has 1 N–H and O–H groups in total. The fourth-order valence-corrected chi connectivity index (χ4v) is 7.46. The fourth-order valence-electron chi connectivity index (χ4n) is 3.28. The average Bonchev–Trinajstić information content (AvgIpc) is 3.09. The molecule has 0 aliphatic carbocycles. The van der Waals surface area contributed by atoms with Crippen LogP contribution >= 0.6 is 23.4 Å². The summed E-state index contributed by atoms with van der Waals surface area (Å²) in [6.07, 6.45) is -0.720. The van der Waals surface area contributed by atoms with Gasteiger partial charge in [0.25, 0.3) is 5.91 Å². The van der Waals surface area contributed by atoms with Gasteiger partial charge in [0.2, 0.25) is 0 Å². The first-order valence-corrected chi connectivity index (χ1v) is 12.5. The van der Waals surface area contributed by atoms with Crippen LogP contribution in [-0.4, -0.2) is 67.6 Å². The quantitative estimate of drug-likeness (QED) is 0.686. The summed E-state index contributed by atoms with van der Waals surface area (Å²) >= 11 is 7.49. The molecule has 2 fully saturated rings. The molecule has 0 bridgehead atoms.